The molecule has 0 saturated heterocycles. The fourth-order valence-corrected chi connectivity index (χ4v) is 4.63. The van der Waals surface area contributed by atoms with Gasteiger partial charge in [-0.05, 0) is 42.5 Å². The first-order valence-electron chi connectivity index (χ1n) is 11.0. The summed E-state index contributed by atoms with van der Waals surface area (Å²) in [6.07, 6.45) is 4.96. The zero-order chi connectivity index (χ0) is 22.6. The third kappa shape index (κ3) is 3.08. The lowest BCUT2D eigenvalue weighted by atomic mass is 9.72. The number of amides is 1. The minimum atomic E-state index is -0.626. The average Bonchev–Trinajstić information content (AvgIpc) is 3.27. The van der Waals surface area contributed by atoms with Crippen LogP contribution in [-0.4, -0.2) is 25.5 Å². The van der Waals surface area contributed by atoms with Crippen LogP contribution in [-0.2, 0) is 5.54 Å². The molecule has 0 radical (unpaired) electrons. The second-order valence-corrected chi connectivity index (χ2v) is 8.67. The van der Waals surface area contributed by atoms with Gasteiger partial charge in [0.25, 0.3) is 5.91 Å². The van der Waals surface area contributed by atoms with Crippen LogP contribution >= 0.6 is 0 Å². The number of benzene rings is 2. The van der Waals surface area contributed by atoms with Gasteiger partial charge >= 0.3 is 0 Å². The second-order valence-electron chi connectivity index (χ2n) is 8.67. The molecule has 33 heavy (non-hydrogen) atoms. The second kappa shape index (κ2) is 7.21. The van der Waals surface area contributed by atoms with E-state index in [0.29, 0.717) is 5.65 Å². The molecule has 0 spiro atoms. The van der Waals surface area contributed by atoms with Crippen LogP contribution in [0.5, 0.6) is 0 Å². The molecule has 162 valence electrons. The molecule has 5 aromatic rings. The van der Waals surface area contributed by atoms with Crippen molar-refractivity contribution < 1.29 is 4.79 Å². The molecule has 7 nitrogen and oxygen atoms in total. The molecule has 1 aliphatic rings. The smallest absolute Gasteiger partial charge is 0.287 e. The Morgan fingerprint density at radius 2 is 1.70 bits per heavy atom. The first kappa shape index (κ1) is 19.6. The monoisotopic (exact) mass is 434 g/mol. The lowest BCUT2D eigenvalue weighted by Crippen LogP contribution is -2.43. The molecule has 3 heterocycles. The van der Waals surface area contributed by atoms with E-state index in [0.717, 1.165) is 46.1 Å². The highest BCUT2D eigenvalue weighted by Gasteiger charge is 2.34. The molecule has 0 atom stereocenters. The lowest BCUT2D eigenvalue weighted by molar-refractivity contribution is 0.0989. The molecule has 7 heteroatoms. The van der Waals surface area contributed by atoms with E-state index in [9.17, 15) is 4.79 Å². The molecule has 0 unspecified atom stereocenters. The number of nitrogens with zero attached hydrogens (tertiary/aromatic N) is 4. The Morgan fingerprint density at radius 3 is 2.36 bits per heavy atom. The Morgan fingerprint density at radius 1 is 0.939 bits per heavy atom. The van der Waals surface area contributed by atoms with Crippen LogP contribution < -0.4 is 11.5 Å². The lowest BCUT2D eigenvalue weighted by Gasteiger charge is -2.38. The summed E-state index contributed by atoms with van der Waals surface area (Å²) in [5.41, 5.74) is 18.2. The SMILES string of the molecule is NC(=O)c1nnc2c3cc(-c4ccccc4)c(-c4ccc(C5(N)CCC5)cc4)nc3ccn12. The zero-order valence-electron chi connectivity index (χ0n) is 17.9. The fraction of sp³-hybridized carbons (Fsp3) is 0.154. The number of hydrogen-bond donors (Lipinski definition) is 2. The number of carbonyl (C=O) groups excluding carboxylic acids is 1. The van der Waals surface area contributed by atoms with Crippen molar-refractivity contribution in [2.24, 2.45) is 11.5 Å². The number of rotatable bonds is 4. The third-order valence-electron chi connectivity index (χ3n) is 6.65. The number of carbonyl (C=O) groups is 1. The van der Waals surface area contributed by atoms with Crippen molar-refractivity contribution in [3.8, 4) is 22.4 Å². The van der Waals surface area contributed by atoms with Crippen molar-refractivity contribution in [1.82, 2.24) is 19.6 Å². The van der Waals surface area contributed by atoms with Crippen LogP contribution in [0.15, 0.2) is 72.9 Å². The minimum absolute atomic E-state index is 0.0968. The first-order valence-corrected chi connectivity index (χ1v) is 11.0. The van der Waals surface area contributed by atoms with E-state index in [1.807, 2.05) is 24.3 Å². The van der Waals surface area contributed by atoms with Crippen LogP contribution in [0.4, 0.5) is 0 Å². The van der Waals surface area contributed by atoms with Crippen molar-refractivity contribution >= 4 is 22.5 Å². The number of pyridine rings is 2. The number of fused-ring (bicyclic) bond motifs is 3. The van der Waals surface area contributed by atoms with Gasteiger partial charge in [-0.2, -0.15) is 0 Å². The van der Waals surface area contributed by atoms with Crippen molar-refractivity contribution in [1.29, 1.82) is 0 Å². The molecule has 0 aliphatic heterocycles. The Bertz CT molecular complexity index is 1520. The summed E-state index contributed by atoms with van der Waals surface area (Å²) in [4.78, 5) is 16.8. The largest absolute Gasteiger partial charge is 0.363 e. The van der Waals surface area contributed by atoms with Gasteiger partial charge in [0, 0.05) is 28.2 Å². The van der Waals surface area contributed by atoms with Gasteiger partial charge in [-0.15, -0.1) is 10.2 Å². The highest BCUT2D eigenvalue weighted by Crippen LogP contribution is 2.40. The quantitative estimate of drug-likeness (QED) is 0.443. The Balaban J connectivity index is 1.57. The van der Waals surface area contributed by atoms with Gasteiger partial charge in [0.1, 0.15) is 0 Å². The third-order valence-corrected chi connectivity index (χ3v) is 6.65. The summed E-state index contributed by atoms with van der Waals surface area (Å²) in [5.74, 6) is -0.529. The van der Waals surface area contributed by atoms with Gasteiger partial charge in [-0.25, -0.2) is 4.98 Å². The number of primary amides is 1. The van der Waals surface area contributed by atoms with Gasteiger partial charge in [0.2, 0.25) is 5.82 Å². The molecular weight excluding hydrogens is 412 g/mol. The van der Waals surface area contributed by atoms with E-state index in [4.69, 9.17) is 16.5 Å². The summed E-state index contributed by atoms with van der Waals surface area (Å²) in [6, 6.07) is 22.5. The molecule has 3 aromatic heterocycles. The van der Waals surface area contributed by atoms with Gasteiger partial charge < -0.3 is 11.5 Å². The van der Waals surface area contributed by atoms with Gasteiger partial charge in [0.15, 0.2) is 5.65 Å². The molecule has 1 saturated carbocycles. The fourth-order valence-electron chi connectivity index (χ4n) is 4.63. The van der Waals surface area contributed by atoms with Crippen molar-refractivity contribution in [2.45, 2.75) is 24.8 Å². The average molecular weight is 435 g/mol. The number of hydrogen-bond acceptors (Lipinski definition) is 5. The summed E-state index contributed by atoms with van der Waals surface area (Å²) in [5, 5.41) is 8.99. The number of aromatic nitrogens is 4. The standard InChI is InChI=1S/C26H22N6O/c27-23(33)25-31-30-24-20-15-19(16-5-2-1-3-6-16)22(29-21(20)11-14-32(24)25)17-7-9-18(10-8-17)26(28)12-4-13-26/h1-3,5-11,14-15H,4,12-13,28H2,(H2,27,33). The predicted octanol–water partition coefficient (Wildman–Crippen LogP) is 4.05. The molecular formula is C26H22N6O. The van der Waals surface area contributed by atoms with E-state index in [-0.39, 0.29) is 11.4 Å². The molecule has 1 fully saturated rings. The molecule has 4 N–H and O–H groups in total. The van der Waals surface area contributed by atoms with E-state index in [1.165, 1.54) is 12.0 Å². The highest BCUT2D eigenvalue weighted by atomic mass is 16.1. The highest BCUT2D eigenvalue weighted by molar-refractivity contribution is 5.99. The molecule has 6 rings (SSSR count). The normalized spacial score (nSPS) is 14.9. The topological polar surface area (TPSA) is 112 Å². The summed E-state index contributed by atoms with van der Waals surface area (Å²) < 4.78 is 1.61. The maximum atomic E-state index is 11.7. The predicted molar refractivity (Wildman–Crippen MR) is 127 cm³/mol. The van der Waals surface area contributed by atoms with Gasteiger partial charge in [-0.1, -0.05) is 54.6 Å². The van der Waals surface area contributed by atoms with Crippen LogP contribution in [0, 0.1) is 0 Å². The summed E-state index contributed by atoms with van der Waals surface area (Å²) in [6.45, 7) is 0. The van der Waals surface area contributed by atoms with Gasteiger partial charge in [0.05, 0.1) is 11.2 Å². The maximum Gasteiger partial charge on any atom is 0.287 e. The van der Waals surface area contributed by atoms with E-state index < -0.39 is 5.91 Å². The Kier molecular flexibility index (Phi) is 4.28. The summed E-state index contributed by atoms with van der Waals surface area (Å²) >= 11 is 0. The molecule has 1 aliphatic carbocycles. The summed E-state index contributed by atoms with van der Waals surface area (Å²) in [7, 11) is 0. The molecule has 1 amide bonds. The first-order chi connectivity index (χ1) is 16.0. The van der Waals surface area contributed by atoms with Crippen molar-refractivity contribution in [3.63, 3.8) is 0 Å². The van der Waals surface area contributed by atoms with Crippen LogP contribution in [0.3, 0.4) is 0 Å². The Hall–Kier alpha value is -4.10. The van der Waals surface area contributed by atoms with Crippen LogP contribution in [0.25, 0.3) is 38.9 Å². The molecule has 0 bridgehead atoms. The number of nitrogens with two attached hydrogens (primary N) is 2. The Labute approximate surface area is 190 Å². The zero-order valence-corrected chi connectivity index (χ0v) is 17.9. The minimum Gasteiger partial charge on any atom is -0.363 e. The van der Waals surface area contributed by atoms with E-state index in [1.54, 1.807) is 10.6 Å². The van der Waals surface area contributed by atoms with Gasteiger partial charge in [-0.3, -0.25) is 9.20 Å². The van der Waals surface area contributed by atoms with Crippen LogP contribution in [0.2, 0.25) is 0 Å². The van der Waals surface area contributed by atoms with Crippen molar-refractivity contribution in [3.05, 3.63) is 84.3 Å². The maximum absolute atomic E-state index is 11.7. The van der Waals surface area contributed by atoms with Crippen LogP contribution in [0.1, 0.15) is 35.4 Å². The van der Waals surface area contributed by atoms with Crippen molar-refractivity contribution in [2.75, 3.05) is 0 Å². The van der Waals surface area contributed by atoms with E-state index in [2.05, 4.69) is 52.7 Å². The van der Waals surface area contributed by atoms with E-state index >= 15 is 0 Å². The molecule has 2 aromatic carbocycles.